The Morgan fingerprint density at radius 2 is 1.12 bits per heavy atom. The number of hydrogen-bond donors (Lipinski definition) is 3. The highest BCUT2D eigenvalue weighted by molar-refractivity contribution is 14.1. The van der Waals surface area contributed by atoms with Crippen molar-refractivity contribution in [2.75, 3.05) is 16.4 Å². The van der Waals surface area contributed by atoms with E-state index in [1.807, 2.05) is 22.6 Å². The average Bonchev–Trinajstić information content (AvgIpc) is 2.91. The third-order valence-corrected chi connectivity index (χ3v) is 5.72. The molecule has 0 saturated heterocycles. The number of anilines is 3. The van der Waals surface area contributed by atoms with Crippen LogP contribution in [0.4, 0.5) is 28.7 Å². The zero-order valence-corrected chi connectivity index (χ0v) is 23.0. The summed E-state index contributed by atoms with van der Waals surface area (Å²) in [6.07, 6.45) is 5.65. The van der Waals surface area contributed by atoms with Crippen molar-refractivity contribution in [1.82, 2.24) is 19.9 Å². The number of non-ortho nitro benzene ring substituents is 2. The Hall–Kier alpha value is -5.13. The van der Waals surface area contributed by atoms with Gasteiger partial charge in [-0.3, -0.25) is 29.8 Å². The molecule has 0 atom stereocenters. The van der Waals surface area contributed by atoms with E-state index < -0.39 is 21.7 Å². The summed E-state index contributed by atoms with van der Waals surface area (Å²) in [5.74, 6) is -0.815. The van der Waals surface area contributed by atoms with Gasteiger partial charge in [0.25, 0.3) is 23.2 Å². The van der Waals surface area contributed by atoms with Crippen LogP contribution in [0.3, 0.4) is 0 Å². The van der Waals surface area contributed by atoms with Crippen molar-refractivity contribution in [1.29, 1.82) is 0 Å². The van der Waals surface area contributed by atoms with Crippen LogP contribution in [0.15, 0.2) is 61.2 Å². The van der Waals surface area contributed by atoms with Crippen molar-refractivity contribution >= 4 is 63.1 Å². The van der Waals surface area contributed by atoms with Crippen LogP contribution in [0.25, 0.3) is 0 Å². The van der Waals surface area contributed by atoms with Crippen LogP contribution < -0.4 is 16.4 Å². The molecular weight excluding hydrogens is 637 g/mol. The van der Waals surface area contributed by atoms with Crippen molar-refractivity contribution in [3.63, 3.8) is 0 Å². The van der Waals surface area contributed by atoms with Gasteiger partial charge in [-0.25, -0.2) is 19.9 Å². The Kier molecular flexibility index (Phi) is 9.63. The summed E-state index contributed by atoms with van der Waals surface area (Å²) in [5.41, 5.74) is 7.60. The molecule has 204 valence electrons. The molecule has 0 bridgehead atoms. The molecule has 0 fully saturated rings. The van der Waals surface area contributed by atoms with E-state index in [9.17, 15) is 29.8 Å². The molecule has 2 heterocycles. The third-order valence-electron chi connectivity index (χ3n) is 5.16. The predicted molar refractivity (Wildman–Crippen MR) is 153 cm³/mol. The van der Waals surface area contributed by atoms with Gasteiger partial charge in [0.05, 0.1) is 46.0 Å². The predicted octanol–water partition coefficient (Wildman–Crippen LogP) is 4.08. The van der Waals surface area contributed by atoms with E-state index in [2.05, 4.69) is 30.6 Å². The highest BCUT2D eigenvalue weighted by atomic mass is 127. The minimum atomic E-state index is -0.553. The first-order valence-electron chi connectivity index (χ1n) is 11.1. The second-order valence-corrected chi connectivity index (χ2v) is 8.96. The number of halogens is 1. The average molecular weight is 657 g/mol. The molecule has 4 rings (SSSR count). The number of nitrogens with zero attached hydrogens (tertiary/aromatic N) is 6. The van der Waals surface area contributed by atoms with Crippen molar-refractivity contribution in [3.8, 4) is 0 Å². The summed E-state index contributed by atoms with van der Waals surface area (Å²) in [4.78, 5) is 59.9. The van der Waals surface area contributed by atoms with Crippen molar-refractivity contribution < 1.29 is 19.4 Å². The number of nitrogen functional groups attached to an aromatic ring is 1. The van der Waals surface area contributed by atoms with E-state index in [0.717, 1.165) is 0 Å². The Labute approximate surface area is 239 Å². The first-order valence-corrected chi connectivity index (χ1v) is 12.2. The summed E-state index contributed by atoms with van der Waals surface area (Å²) in [6, 6.07) is 8.24. The molecule has 0 radical (unpaired) electrons. The number of benzene rings is 2. The van der Waals surface area contributed by atoms with Gasteiger partial charge in [0.2, 0.25) is 5.95 Å². The van der Waals surface area contributed by atoms with E-state index >= 15 is 0 Å². The van der Waals surface area contributed by atoms with Crippen LogP contribution in [0.1, 0.15) is 31.8 Å². The van der Waals surface area contributed by atoms with Crippen LogP contribution in [0.5, 0.6) is 0 Å². The summed E-state index contributed by atoms with van der Waals surface area (Å²) in [5, 5.41) is 26.6. The second kappa shape index (κ2) is 13.1. The fraction of sp³-hybridized carbons (Fsp3) is 0.0833. The molecule has 0 aliphatic heterocycles. The molecular formula is C24H20IN9O6. The van der Waals surface area contributed by atoms with Crippen LogP contribution in [-0.4, -0.2) is 41.6 Å². The van der Waals surface area contributed by atoms with Gasteiger partial charge in [-0.15, -0.1) is 0 Å². The van der Waals surface area contributed by atoms with Crippen LogP contribution in [0, 0.1) is 37.9 Å². The van der Waals surface area contributed by atoms with E-state index in [-0.39, 0.29) is 28.5 Å². The minimum absolute atomic E-state index is 0.0922. The SMILES string of the molecule is Cc1ccc([N+](=O)[O-])cc1C(=O)Nc1cnc(I)nc1.Cc1ccc([N+](=O)[O-])cc1C(=O)Nc1cnc(N)nc1. The molecule has 0 aliphatic rings. The van der Waals surface area contributed by atoms with Gasteiger partial charge in [-0.05, 0) is 25.0 Å². The quantitative estimate of drug-likeness (QED) is 0.116. The maximum absolute atomic E-state index is 12.1. The van der Waals surface area contributed by atoms with Gasteiger partial charge in [-0.1, -0.05) is 12.1 Å². The lowest BCUT2D eigenvalue weighted by atomic mass is 10.1. The zero-order valence-electron chi connectivity index (χ0n) is 20.9. The van der Waals surface area contributed by atoms with Gasteiger partial charge >= 0.3 is 0 Å². The molecule has 2 aromatic carbocycles. The molecule has 0 aliphatic carbocycles. The van der Waals surface area contributed by atoms with E-state index in [1.165, 1.54) is 61.2 Å². The molecule has 2 aromatic heterocycles. The number of amides is 2. The maximum atomic E-state index is 12.1. The first kappa shape index (κ1) is 29.4. The number of nitro groups is 2. The molecule has 4 aromatic rings. The lowest BCUT2D eigenvalue weighted by molar-refractivity contribution is -0.385. The lowest BCUT2D eigenvalue weighted by Crippen LogP contribution is -2.14. The van der Waals surface area contributed by atoms with Gasteiger partial charge in [0, 0.05) is 58.0 Å². The minimum Gasteiger partial charge on any atom is -0.368 e. The number of nitrogens with two attached hydrogens (primary N) is 1. The topological polar surface area (TPSA) is 222 Å². The van der Waals surface area contributed by atoms with E-state index in [4.69, 9.17) is 5.73 Å². The number of aromatic nitrogens is 4. The molecule has 0 saturated carbocycles. The molecule has 0 spiro atoms. The number of nitrogens with one attached hydrogen (secondary N) is 2. The van der Waals surface area contributed by atoms with Crippen LogP contribution in [0.2, 0.25) is 0 Å². The maximum Gasteiger partial charge on any atom is 0.270 e. The summed E-state index contributed by atoms with van der Waals surface area (Å²) in [7, 11) is 0. The Morgan fingerprint density at radius 3 is 1.50 bits per heavy atom. The normalized spacial score (nSPS) is 10.1. The Balaban J connectivity index is 0.000000220. The number of nitro benzene ring substituents is 2. The van der Waals surface area contributed by atoms with Gasteiger partial charge in [0.1, 0.15) is 0 Å². The highest BCUT2D eigenvalue weighted by Crippen LogP contribution is 2.20. The zero-order chi connectivity index (χ0) is 29.4. The number of rotatable bonds is 6. The van der Waals surface area contributed by atoms with Crippen molar-refractivity contribution in [3.05, 3.63) is 107 Å². The number of aryl methyl sites for hydroxylation is 2. The fourth-order valence-electron chi connectivity index (χ4n) is 3.11. The Bertz CT molecular complexity index is 1460. The number of hydrogen-bond acceptors (Lipinski definition) is 11. The molecule has 16 heteroatoms. The standard InChI is InChI=1S/C12H9IN4O3.C12H11N5O3/c2*1-7-2-3-9(17(19)20)4-10(7)11(18)16-8-5-14-12(13)15-6-8/h2-6H,1H3,(H,16,18);2-6H,1H3,(H,16,18)(H2,13,14,15). The number of carbonyl (C=O) groups excluding carboxylic acids is 2. The van der Waals surface area contributed by atoms with Crippen molar-refractivity contribution in [2.45, 2.75) is 13.8 Å². The van der Waals surface area contributed by atoms with Gasteiger partial charge in [-0.2, -0.15) is 0 Å². The van der Waals surface area contributed by atoms with E-state index in [1.54, 1.807) is 13.8 Å². The smallest absolute Gasteiger partial charge is 0.270 e. The molecule has 2 amide bonds. The highest BCUT2D eigenvalue weighted by Gasteiger charge is 2.16. The van der Waals surface area contributed by atoms with Gasteiger partial charge < -0.3 is 16.4 Å². The monoisotopic (exact) mass is 657 g/mol. The third kappa shape index (κ3) is 7.93. The largest absolute Gasteiger partial charge is 0.368 e. The molecule has 40 heavy (non-hydrogen) atoms. The first-order chi connectivity index (χ1) is 18.9. The van der Waals surface area contributed by atoms with Gasteiger partial charge in [0.15, 0.2) is 3.83 Å². The van der Waals surface area contributed by atoms with Crippen LogP contribution >= 0.6 is 22.6 Å². The number of carbonyl (C=O) groups is 2. The molecule has 15 nitrogen and oxygen atoms in total. The summed E-state index contributed by atoms with van der Waals surface area (Å²) in [6.45, 7) is 3.40. The second-order valence-electron chi connectivity index (χ2n) is 7.99. The summed E-state index contributed by atoms with van der Waals surface area (Å²) >= 11 is 1.95. The molecule has 4 N–H and O–H groups in total. The van der Waals surface area contributed by atoms with E-state index in [0.29, 0.717) is 26.3 Å². The van der Waals surface area contributed by atoms with Crippen molar-refractivity contribution in [2.24, 2.45) is 0 Å². The lowest BCUT2D eigenvalue weighted by Gasteiger charge is -2.07. The molecule has 0 unspecified atom stereocenters. The Morgan fingerprint density at radius 1 is 0.750 bits per heavy atom. The fourth-order valence-corrected chi connectivity index (χ4v) is 3.39. The van der Waals surface area contributed by atoms with Crippen LogP contribution in [-0.2, 0) is 0 Å². The summed E-state index contributed by atoms with van der Waals surface area (Å²) < 4.78 is 0.562.